The summed E-state index contributed by atoms with van der Waals surface area (Å²) in [6.07, 6.45) is 2.16. The van der Waals surface area contributed by atoms with Crippen molar-refractivity contribution in [2.75, 3.05) is 6.26 Å². The zero-order valence-corrected chi connectivity index (χ0v) is 10.6. The summed E-state index contributed by atoms with van der Waals surface area (Å²) in [4.78, 5) is 1.44. The van der Waals surface area contributed by atoms with Crippen LogP contribution in [0.1, 0.15) is 50.7 Å². The van der Waals surface area contributed by atoms with Gasteiger partial charge in [0.2, 0.25) is 0 Å². The van der Waals surface area contributed by atoms with Crippen LogP contribution < -0.4 is 0 Å². The van der Waals surface area contributed by atoms with Gasteiger partial charge in [-0.25, -0.2) is 0 Å². The van der Waals surface area contributed by atoms with Crippen LogP contribution in [0.2, 0.25) is 0 Å². The normalized spacial score (nSPS) is 11.4. The molecule has 1 aromatic carbocycles. The monoisotopic (exact) mass is 208 g/mol. The molecule has 0 aliphatic rings. The van der Waals surface area contributed by atoms with E-state index in [-0.39, 0.29) is 0 Å². The van der Waals surface area contributed by atoms with Gasteiger partial charge in [-0.3, -0.25) is 0 Å². The lowest BCUT2D eigenvalue weighted by Crippen LogP contribution is -1.94. The Morgan fingerprint density at radius 3 is 2.07 bits per heavy atom. The minimum atomic E-state index is 0.624. The van der Waals surface area contributed by atoms with Crippen LogP contribution in [0.15, 0.2) is 23.1 Å². The topological polar surface area (TPSA) is 0 Å². The third kappa shape index (κ3) is 2.54. The summed E-state index contributed by atoms with van der Waals surface area (Å²) in [6.45, 7) is 9.00. The quantitative estimate of drug-likeness (QED) is 0.651. The van der Waals surface area contributed by atoms with E-state index in [1.165, 1.54) is 16.0 Å². The molecule has 0 radical (unpaired) electrons. The van der Waals surface area contributed by atoms with Gasteiger partial charge in [0, 0.05) is 4.90 Å². The molecule has 0 atom stereocenters. The molecule has 0 bridgehead atoms. The van der Waals surface area contributed by atoms with Gasteiger partial charge in [-0.05, 0) is 35.3 Å². The first-order valence-corrected chi connectivity index (χ1v) is 6.46. The SMILES string of the molecule is CSc1cc(C(C)C)ccc1C(C)C. The van der Waals surface area contributed by atoms with Crippen molar-refractivity contribution in [3.8, 4) is 0 Å². The van der Waals surface area contributed by atoms with Crippen LogP contribution in [0.25, 0.3) is 0 Å². The number of hydrogen-bond acceptors (Lipinski definition) is 1. The molecule has 0 saturated heterocycles. The van der Waals surface area contributed by atoms with E-state index in [1.807, 2.05) is 11.8 Å². The van der Waals surface area contributed by atoms with Crippen molar-refractivity contribution in [3.05, 3.63) is 29.3 Å². The van der Waals surface area contributed by atoms with E-state index in [0.29, 0.717) is 11.8 Å². The maximum absolute atomic E-state index is 2.34. The van der Waals surface area contributed by atoms with Gasteiger partial charge in [-0.1, -0.05) is 39.8 Å². The maximum atomic E-state index is 2.34. The standard InChI is InChI=1S/C13H20S/c1-9(2)11-6-7-12(10(3)4)13(8-11)14-5/h6-10H,1-5H3. The summed E-state index contributed by atoms with van der Waals surface area (Å²) in [5.74, 6) is 1.25. The first-order chi connectivity index (χ1) is 6.56. The molecule has 1 heteroatoms. The highest BCUT2D eigenvalue weighted by molar-refractivity contribution is 7.98. The summed E-state index contributed by atoms with van der Waals surface area (Å²) < 4.78 is 0. The average Bonchev–Trinajstić information content (AvgIpc) is 2.16. The van der Waals surface area contributed by atoms with E-state index in [1.54, 1.807) is 0 Å². The van der Waals surface area contributed by atoms with Crippen molar-refractivity contribution in [1.29, 1.82) is 0 Å². The third-order valence-corrected chi connectivity index (χ3v) is 3.34. The van der Waals surface area contributed by atoms with Crippen molar-refractivity contribution < 1.29 is 0 Å². The second kappa shape index (κ2) is 4.88. The first kappa shape index (κ1) is 11.6. The molecule has 0 N–H and O–H groups in total. The summed E-state index contributed by atoms with van der Waals surface area (Å²) in [7, 11) is 0. The molecule has 0 aliphatic carbocycles. The Bertz CT molecular complexity index is 300. The Morgan fingerprint density at radius 1 is 1.00 bits per heavy atom. The molecule has 0 nitrogen and oxygen atoms in total. The predicted octanol–water partition coefficient (Wildman–Crippen LogP) is 4.66. The number of rotatable bonds is 3. The fourth-order valence-corrected chi connectivity index (χ4v) is 2.36. The highest BCUT2D eigenvalue weighted by Gasteiger charge is 2.08. The van der Waals surface area contributed by atoms with Gasteiger partial charge >= 0.3 is 0 Å². The van der Waals surface area contributed by atoms with Crippen LogP contribution in [0.4, 0.5) is 0 Å². The van der Waals surface area contributed by atoms with E-state index in [9.17, 15) is 0 Å². The van der Waals surface area contributed by atoms with Crippen molar-refractivity contribution in [1.82, 2.24) is 0 Å². The Balaban J connectivity index is 3.11. The second-order valence-corrected chi connectivity index (χ2v) is 5.16. The van der Waals surface area contributed by atoms with Crippen molar-refractivity contribution in [2.24, 2.45) is 0 Å². The van der Waals surface area contributed by atoms with Crippen LogP contribution in [0.5, 0.6) is 0 Å². The van der Waals surface area contributed by atoms with Gasteiger partial charge in [0.15, 0.2) is 0 Å². The molecule has 0 heterocycles. The summed E-state index contributed by atoms with van der Waals surface area (Å²) in [6, 6.07) is 6.89. The molecule has 78 valence electrons. The highest BCUT2D eigenvalue weighted by Crippen LogP contribution is 2.30. The van der Waals surface area contributed by atoms with Crippen molar-refractivity contribution in [2.45, 2.75) is 44.4 Å². The van der Waals surface area contributed by atoms with Gasteiger partial charge in [0.1, 0.15) is 0 Å². The molecule has 0 fully saturated rings. The molecule has 0 aromatic heterocycles. The van der Waals surface area contributed by atoms with Gasteiger partial charge in [0.25, 0.3) is 0 Å². The maximum Gasteiger partial charge on any atom is 0.0107 e. The molecular weight excluding hydrogens is 188 g/mol. The first-order valence-electron chi connectivity index (χ1n) is 5.24. The molecule has 0 aliphatic heterocycles. The molecular formula is C13H20S. The minimum Gasteiger partial charge on any atom is -0.129 e. The van der Waals surface area contributed by atoms with Gasteiger partial charge < -0.3 is 0 Å². The lowest BCUT2D eigenvalue weighted by molar-refractivity contribution is 0.822. The van der Waals surface area contributed by atoms with Gasteiger partial charge in [0.05, 0.1) is 0 Å². The number of hydrogen-bond donors (Lipinski definition) is 0. The fraction of sp³-hybridized carbons (Fsp3) is 0.538. The zero-order valence-electron chi connectivity index (χ0n) is 9.79. The van der Waals surface area contributed by atoms with Crippen LogP contribution >= 0.6 is 11.8 Å². The molecule has 1 rings (SSSR count). The largest absolute Gasteiger partial charge is 0.129 e. The van der Waals surface area contributed by atoms with Crippen LogP contribution in [-0.4, -0.2) is 6.26 Å². The lowest BCUT2D eigenvalue weighted by Gasteiger charge is -2.14. The van der Waals surface area contributed by atoms with Crippen molar-refractivity contribution in [3.63, 3.8) is 0 Å². The van der Waals surface area contributed by atoms with E-state index < -0.39 is 0 Å². The Kier molecular flexibility index (Phi) is 4.06. The Hall–Kier alpha value is -0.430. The third-order valence-electron chi connectivity index (χ3n) is 2.55. The van der Waals surface area contributed by atoms with E-state index >= 15 is 0 Å². The van der Waals surface area contributed by atoms with Gasteiger partial charge in [-0.2, -0.15) is 0 Å². The molecule has 0 unspecified atom stereocenters. The zero-order chi connectivity index (χ0) is 10.7. The summed E-state index contributed by atoms with van der Waals surface area (Å²) in [5, 5.41) is 0. The second-order valence-electron chi connectivity index (χ2n) is 4.31. The Morgan fingerprint density at radius 2 is 1.64 bits per heavy atom. The van der Waals surface area contributed by atoms with E-state index in [0.717, 1.165) is 0 Å². The highest BCUT2D eigenvalue weighted by atomic mass is 32.2. The van der Waals surface area contributed by atoms with Crippen LogP contribution in [0.3, 0.4) is 0 Å². The molecule has 0 saturated carbocycles. The molecule has 1 aromatic rings. The van der Waals surface area contributed by atoms with E-state index in [4.69, 9.17) is 0 Å². The van der Waals surface area contributed by atoms with E-state index in [2.05, 4.69) is 52.1 Å². The fourth-order valence-electron chi connectivity index (χ4n) is 1.56. The number of benzene rings is 1. The minimum absolute atomic E-state index is 0.624. The summed E-state index contributed by atoms with van der Waals surface area (Å²) >= 11 is 1.86. The summed E-state index contributed by atoms with van der Waals surface area (Å²) in [5.41, 5.74) is 2.92. The van der Waals surface area contributed by atoms with Crippen LogP contribution in [0, 0.1) is 0 Å². The smallest absolute Gasteiger partial charge is 0.0107 e. The van der Waals surface area contributed by atoms with Crippen LogP contribution in [-0.2, 0) is 0 Å². The molecule has 0 amide bonds. The van der Waals surface area contributed by atoms with Crippen molar-refractivity contribution >= 4 is 11.8 Å². The average molecular weight is 208 g/mol. The molecule has 14 heavy (non-hydrogen) atoms. The number of thioether (sulfide) groups is 1. The predicted molar refractivity (Wildman–Crippen MR) is 66.4 cm³/mol. The molecule has 0 spiro atoms. The Labute approximate surface area is 92.1 Å². The lowest BCUT2D eigenvalue weighted by atomic mass is 9.97. The van der Waals surface area contributed by atoms with Gasteiger partial charge in [-0.15, -0.1) is 11.8 Å².